The van der Waals surface area contributed by atoms with Gasteiger partial charge in [-0.2, -0.15) is 5.10 Å². The van der Waals surface area contributed by atoms with Crippen molar-refractivity contribution in [3.8, 4) is 0 Å². The molecule has 0 saturated carbocycles. The summed E-state index contributed by atoms with van der Waals surface area (Å²) in [6.45, 7) is 4.45. The summed E-state index contributed by atoms with van der Waals surface area (Å²) in [5, 5.41) is 7.23. The quantitative estimate of drug-likeness (QED) is 0.558. The van der Waals surface area contributed by atoms with E-state index in [4.69, 9.17) is 11.6 Å². The molecular weight excluding hydrogens is 377 g/mol. The lowest BCUT2D eigenvalue weighted by molar-refractivity contribution is -0.111. The van der Waals surface area contributed by atoms with Crippen molar-refractivity contribution >= 4 is 29.3 Å². The molecule has 144 valence electrons. The SMILES string of the molecule is CC(C)c1ccc(/C=C/C(=O)Nc2cnn(Cc3c(F)cccc3Cl)c2)cc1. The normalized spacial score (nSPS) is 11.3. The van der Waals surface area contributed by atoms with Crippen LogP contribution in [0.5, 0.6) is 0 Å². The molecule has 0 aliphatic rings. The number of anilines is 1. The molecule has 0 bridgehead atoms. The maximum Gasteiger partial charge on any atom is 0.248 e. The van der Waals surface area contributed by atoms with E-state index in [1.165, 1.54) is 28.6 Å². The summed E-state index contributed by atoms with van der Waals surface area (Å²) < 4.78 is 15.4. The van der Waals surface area contributed by atoms with Crippen molar-refractivity contribution in [1.82, 2.24) is 9.78 Å². The Morgan fingerprint density at radius 3 is 2.68 bits per heavy atom. The number of carbonyl (C=O) groups is 1. The smallest absolute Gasteiger partial charge is 0.248 e. The van der Waals surface area contributed by atoms with Gasteiger partial charge in [-0.15, -0.1) is 0 Å². The first-order valence-corrected chi connectivity index (χ1v) is 9.34. The van der Waals surface area contributed by atoms with Crippen LogP contribution in [-0.4, -0.2) is 15.7 Å². The van der Waals surface area contributed by atoms with Crippen LogP contribution in [0.15, 0.2) is 60.9 Å². The van der Waals surface area contributed by atoms with Gasteiger partial charge in [-0.05, 0) is 35.3 Å². The van der Waals surface area contributed by atoms with E-state index in [0.29, 0.717) is 22.2 Å². The molecule has 3 rings (SSSR count). The molecule has 4 nitrogen and oxygen atoms in total. The van der Waals surface area contributed by atoms with Crippen LogP contribution >= 0.6 is 11.6 Å². The molecule has 2 aromatic carbocycles. The van der Waals surface area contributed by atoms with E-state index >= 15 is 0 Å². The molecule has 1 heterocycles. The van der Waals surface area contributed by atoms with Crippen LogP contribution in [0.3, 0.4) is 0 Å². The van der Waals surface area contributed by atoms with Crippen LogP contribution in [0.1, 0.15) is 36.5 Å². The predicted molar refractivity (Wildman–Crippen MR) is 111 cm³/mol. The maximum absolute atomic E-state index is 13.9. The van der Waals surface area contributed by atoms with Crippen molar-refractivity contribution < 1.29 is 9.18 Å². The minimum atomic E-state index is -0.389. The van der Waals surface area contributed by atoms with Gasteiger partial charge in [0.2, 0.25) is 5.91 Å². The number of amides is 1. The molecule has 0 fully saturated rings. The van der Waals surface area contributed by atoms with Crippen LogP contribution in [0.4, 0.5) is 10.1 Å². The van der Waals surface area contributed by atoms with E-state index in [2.05, 4.69) is 36.4 Å². The Labute approximate surface area is 168 Å². The number of hydrogen-bond donors (Lipinski definition) is 1. The van der Waals surface area contributed by atoms with Gasteiger partial charge in [-0.1, -0.05) is 55.8 Å². The molecule has 0 saturated heterocycles. The Morgan fingerprint density at radius 1 is 1.25 bits per heavy atom. The van der Waals surface area contributed by atoms with Crippen molar-refractivity contribution in [2.24, 2.45) is 0 Å². The molecule has 1 N–H and O–H groups in total. The monoisotopic (exact) mass is 397 g/mol. The van der Waals surface area contributed by atoms with Crippen LogP contribution in [0.25, 0.3) is 6.08 Å². The van der Waals surface area contributed by atoms with E-state index in [1.54, 1.807) is 24.4 Å². The van der Waals surface area contributed by atoms with Crippen LogP contribution in [0, 0.1) is 5.82 Å². The molecule has 3 aromatic rings. The summed E-state index contributed by atoms with van der Waals surface area (Å²) in [6, 6.07) is 12.6. The highest BCUT2D eigenvalue weighted by molar-refractivity contribution is 6.31. The zero-order valence-electron chi connectivity index (χ0n) is 15.7. The van der Waals surface area contributed by atoms with Crippen molar-refractivity contribution in [3.63, 3.8) is 0 Å². The summed E-state index contributed by atoms with van der Waals surface area (Å²) in [5.41, 5.74) is 3.08. The van der Waals surface area contributed by atoms with Gasteiger partial charge >= 0.3 is 0 Å². The van der Waals surface area contributed by atoms with Crippen molar-refractivity contribution in [3.05, 3.63) is 88.5 Å². The van der Waals surface area contributed by atoms with Gasteiger partial charge in [0.1, 0.15) is 5.82 Å². The molecule has 1 aromatic heterocycles. The van der Waals surface area contributed by atoms with E-state index in [9.17, 15) is 9.18 Å². The van der Waals surface area contributed by atoms with Crippen molar-refractivity contribution in [1.29, 1.82) is 0 Å². The number of aromatic nitrogens is 2. The van der Waals surface area contributed by atoms with Crippen molar-refractivity contribution in [2.75, 3.05) is 5.32 Å². The molecule has 0 radical (unpaired) electrons. The molecule has 0 unspecified atom stereocenters. The van der Waals surface area contributed by atoms with E-state index in [1.807, 2.05) is 12.1 Å². The molecule has 28 heavy (non-hydrogen) atoms. The second-order valence-electron chi connectivity index (χ2n) is 6.77. The van der Waals surface area contributed by atoms with Gasteiger partial charge in [0.05, 0.1) is 18.4 Å². The number of carbonyl (C=O) groups excluding carboxylic acids is 1. The summed E-state index contributed by atoms with van der Waals surface area (Å²) >= 11 is 6.04. The zero-order chi connectivity index (χ0) is 20.1. The van der Waals surface area contributed by atoms with Gasteiger partial charge in [-0.25, -0.2) is 4.39 Å². The highest BCUT2D eigenvalue weighted by Crippen LogP contribution is 2.20. The molecule has 0 aliphatic heterocycles. The van der Waals surface area contributed by atoms with Crippen LogP contribution in [0.2, 0.25) is 5.02 Å². The lowest BCUT2D eigenvalue weighted by Gasteiger charge is -2.05. The number of benzene rings is 2. The summed E-state index contributed by atoms with van der Waals surface area (Å²) in [6.07, 6.45) is 6.36. The Balaban J connectivity index is 1.60. The molecular formula is C22H21ClFN3O. The Morgan fingerprint density at radius 2 is 2.00 bits per heavy atom. The minimum absolute atomic E-state index is 0.180. The first-order valence-electron chi connectivity index (χ1n) is 8.97. The lowest BCUT2D eigenvalue weighted by atomic mass is 10.0. The highest BCUT2D eigenvalue weighted by atomic mass is 35.5. The third kappa shape index (κ3) is 5.08. The summed E-state index contributed by atoms with van der Waals surface area (Å²) in [7, 11) is 0. The molecule has 1 amide bonds. The number of nitrogens with one attached hydrogen (secondary N) is 1. The van der Waals surface area contributed by atoms with Gasteiger partial charge in [-0.3, -0.25) is 9.48 Å². The van der Waals surface area contributed by atoms with Crippen molar-refractivity contribution in [2.45, 2.75) is 26.3 Å². The fraction of sp³-hybridized carbons (Fsp3) is 0.182. The first-order chi connectivity index (χ1) is 13.4. The second kappa shape index (κ2) is 8.85. The fourth-order valence-corrected chi connectivity index (χ4v) is 2.93. The molecule has 0 spiro atoms. The molecule has 0 atom stereocenters. The summed E-state index contributed by atoms with van der Waals surface area (Å²) in [4.78, 5) is 12.1. The standard InChI is InChI=1S/C22H21ClFN3O/c1-15(2)17-9-6-16(7-10-17)8-11-22(28)26-18-12-25-27(13-18)14-19-20(23)4-3-5-21(19)24/h3-13,15H,14H2,1-2H3,(H,26,28)/b11-8+. The van der Waals surface area contributed by atoms with Crippen LogP contribution < -0.4 is 5.32 Å². The first kappa shape index (κ1) is 19.8. The average molecular weight is 398 g/mol. The van der Waals surface area contributed by atoms with E-state index in [0.717, 1.165) is 5.56 Å². The van der Waals surface area contributed by atoms with Crippen LogP contribution in [-0.2, 0) is 11.3 Å². The van der Waals surface area contributed by atoms with Gasteiger partial charge in [0.15, 0.2) is 0 Å². The van der Waals surface area contributed by atoms with E-state index < -0.39 is 0 Å². The predicted octanol–water partition coefficient (Wildman–Crippen LogP) is 5.50. The number of rotatable bonds is 6. The second-order valence-corrected chi connectivity index (χ2v) is 7.18. The Bertz CT molecular complexity index is 973. The number of nitrogens with zero attached hydrogens (tertiary/aromatic N) is 2. The summed E-state index contributed by atoms with van der Waals surface area (Å²) in [5.74, 6) is -0.187. The Kier molecular flexibility index (Phi) is 6.26. The number of halogens is 2. The molecule has 6 heteroatoms. The molecule has 0 aliphatic carbocycles. The Hall–Kier alpha value is -2.92. The lowest BCUT2D eigenvalue weighted by Crippen LogP contribution is -2.07. The zero-order valence-corrected chi connectivity index (χ0v) is 16.4. The third-order valence-electron chi connectivity index (χ3n) is 4.31. The average Bonchev–Trinajstić information content (AvgIpc) is 3.10. The topological polar surface area (TPSA) is 46.9 Å². The largest absolute Gasteiger partial charge is 0.320 e. The third-order valence-corrected chi connectivity index (χ3v) is 4.67. The highest BCUT2D eigenvalue weighted by Gasteiger charge is 2.09. The van der Waals surface area contributed by atoms with Gasteiger partial charge < -0.3 is 5.32 Å². The van der Waals surface area contributed by atoms with Gasteiger partial charge in [0, 0.05) is 22.9 Å². The fourth-order valence-electron chi connectivity index (χ4n) is 2.71. The van der Waals surface area contributed by atoms with Gasteiger partial charge in [0.25, 0.3) is 0 Å². The maximum atomic E-state index is 13.9. The van der Waals surface area contributed by atoms with E-state index in [-0.39, 0.29) is 18.3 Å². The number of hydrogen-bond acceptors (Lipinski definition) is 2. The minimum Gasteiger partial charge on any atom is -0.320 e.